The number of nitrogens with zero attached hydrogens (tertiary/aromatic N) is 3. The third-order valence-electron chi connectivity index (χ3n) is 6.13. The smallest absolute Gasteiger partial charge is 0.226 e. The summed E-state index contributed by atoms with van der Waals surface area (Å²) in [7, 11) is 3.34. The number of hydrogen-bond donors (Lipinski definition) is 1. The van der Waals surface area contributed by atoms with Crippen LogP contribution < -0.4 is 19.5 Å². The molecule has 0 fully saturated rings. The van der Waals surface area contributed by atoms with Crippen LogP contribution in [0.4, 0.5) is 5.95 Å². The average molecular weight is 438 g/mol. The lowest BCUT2D eigenvalue weighted by molar-refractivity contribution is 0.222. The fourth-order valence-corrected chi connectivity index (χ4v) is 4.63. The lowest BCUT2D eigenvalue weighted by Crippen LogP contribution is -2.32. The quantitative estimate of drug-likeness (QED) is 0.491. The van der Waals surface area contributed by atoms with Gasteiger partial charge in [0.15, 0.2) is 0 Å². The molecule has 33 heavy (non-hydrogen) atoms. The number of nitrogens with one attached hydrogen (secondary N) is 1. The van der Waals surface area contributed by atoms with Crippen molar-refractivity contribution in [2.45, 2.75) is 12.1 Å². The van der Waals surface area contributed by atoms with Crippen molar-refractivity contribution in [1.82, 2.24) is 14.8 Å². The van der Waals surface area contributed by atoms with Gasteiger partial charge in [0.1, 0.15) is 35.7 Å². The zero-order valence-corrected chi connectivity index (χ0v) is 18.2. The zero-order valence-electron chi connectivity index (χ0n) is 18.2. The van der Waals surface area contributed by atoms with Gasteiger partial charge in [-0.3, -0.25) is 0 Å². The lowest BCUT2D eigenvalue weighted by Gasteiger charge is -2.39. The van der Waals surface area contributed by atoms with Gasteiger partial charge in [-0.25, -0.2) is 4.68 Å². The van der Waals surface area contributed by atoms with Crippen LogP contribution in [-0.4, -0.2) is 29.0 Å². The van der Waals surface area contributed by atoms with Gasteiger partial charge >= 0.3 is 0 Å². The van der Waals surface area contributed by atoms with Crippen LogP contribution in [0.25, 0.3) is 5.70 Å². The van der Waals surface area contributed by atoms with Gasteiger partial charge in [0.25, 0.3) is 0 Å². The van der Waals surface area contributed by atoms with Gasteiger partial charge in [0.2, 0.25) is 5.95 Å². The first kappa shape index (κ1) is 19.4. The molecule has 0 amide bonds. The van der Waals surface area contributed by atoms with Crippen LogP contribution in [0.15, 0.2) is 84.7 Å². The summed E-state index contributed by atoms with van der Waals surface area (Å²) < 4.78 is 19.6. The second kappa shape index (κ2) is 7.70. The van der Waals surface area contributed by atoms with E-state index in [1.165, 1.54) is 0 Å². The normalized spacial score (nSPS) is 18.4. The monoisotopic (exact) mass is 438 g/mol. The number of aromatic nitrogens is 3. The Balaban J connectivity index is 1.62. The van der Waals surface area contributed by atoms with Crippen LogP contribution in [0.1, 0.15) is 28.8 Å². The fraction of sp³-hybridized carbons (Fsp3) is 0.154. The van der Waals surface area contributed by atoms with Crippen LogP contribution in [0.3, 0.4) is 0 Å². The van der Waals surface area contributed by atoms with Crippen LogP contribution in [0, 0.1) is 0 Å². The molecule has 164 valence electrons. The van der Waals surface area contributed by atoms with Gasteiger partial charge in [0, 0.05) is 16.7 Å². The molecule has 0 spiro atoms. The van der Waals surface area contributed by atoms with Gasteiger partial charge in [-0.05, 0) is 42.0 Å². The number of ether oxygens (including phenoxy) is 3. The van der Waals surface area contributed by atoms with Crippen molar-refractivity contribution in [2.24, 2.45) is 0 Å². The van der Waals surface area contributed by atoms with E-state index in [1.807, 2.05) is 59.3 Å². The van der Waals surface area contributed by atoms with E-state index in [9.17, 15) is 0 Å². The molecule has 4 aromatic rings. The standard InChI is InChI=1S/C26H22N4O3/c1-31-18-9-5-7-16(13-18)24-22-23(29-26-27-15-28-30(24)26)20-11-3-4-12-21(20)33-25(22)17-8-6-10-19(14-17)32-2/h3-15,24-25H,1-2H3,(H,27,28,29)/t24-,25-/m0/s1. The highest BCUT2D eigenvalue weighted by atomic mass is 16.5. The Labute approximate surface area is 191 Å². The maximum atomic E-state index is 6.64. The number of benzene rings is 3. The number of hydrogen-bond acceptors (Lipinski definition) is 6. The first-order valence-corrected chi connectivity index (χ1v) is 10.7. The molecule has 1 N–H and O–H groups in total. The number of rotatable bonds is 4. The van der Waals surface area contributed by atoms with Crippen LogP contribution in [0.5, 0.6) is 17.2 Å². The summed E-state index contributed by atoms with van der Waals surface area (Å²) in [6.07, 6.45) is 1.22. The summed E-state index contributed by atoms with van der Waals surface area (Å²) in [5, 5.41) is 8.09. The van der Waals surface area contributed by atoms with E-state index in [-0.39, 0.29) is 12.1 Å². The van der Waals surface area contributed by atoms with Gasteiger partial charge in [0.05, 0.1) is 19.9 Å². The molecule has 0 aliphatic carbocycles. The molecule has 0 radical (unpaired) electrons. The van der Waals surface area contributed by atoms with E-state index in [0.717, 1.165) is 45.2 Å². The first-order chi connectivity index (χ1) is 16.3. The second-order valence-electron chi connectivity index (χ2n) is 7.93. The number of anilines is 1. The highest BCUT2D eigenvalue weighted by Crippen LogP contribution is 2.50. The van der Waals surface area contributed by atoms with Gasteiger partial charge in [-0.15, -0.1) is 0 Å². The lowest BCUT2D eigenvalue weighted by atomic mass is 9.84. The summed E-state index contributed by atoms with van der Waals surface area (Å²) in [5.74, 6) is 3.06. The highest BCUT2D eigenvalue weighted by molar-refractivity contribution is 5.85. The maximum absolute atomic E-state index is 6.64. The summed E-state index contributed by atoms with van der Waals surface area (Å²) in [6.45, 7) is 0. The third-order valence-corrected chi connectivity index (χ3v) is 6.13. The van der Waals surface area contributed by atoms with Crippen molar-refractivity contribution < 1.29 is 14.2 Å². The molecule has 3 heterocycles. The van der Waals surface area contributed by atoms with E-state index in [0.29, 0.717) is 5.95 Å². The largest absolute Gasteiger partial charge is 0.497 e. The molecule has 2 aliphatic heterocycles. The van der Waals surface area contributed by atoms with Gasteiger partial charge in [-0.2, -0.15) is 10.1 Å². The van der Waals surface area contributed by atoms with E-state index in [4.69, 9.17) is 14.2 Å². The fourth-order valence-electron chi connectivity index (χ4n) is 4.63. The Morgan fingerprint density at radius 3 is 2.39 bits per heavy atom. The molecule has 7 heteroatoms. The van der Waals surface area contributed by atoms with Crippen molar-refractivity contribution >= 4 is 11.6 Å². The van der Waals surface area contributed by atoms with Gasteiger partial charge in [-0.1, -0.05) is 36.4 Å². The Morgan fingerprint density at radius 2 is 1.61 bits per heavy atom. The molecule has 0 saturated carbocycles. The molecular weight excluding hydrogens is 416 g/mol. The van der Waals surface area contributed by atoms with E-state index < -0.39 is 0 Å². The van der Waals surface area contributed by atoms with Crippen molar-refractivity contribution in [3.8, 4) is 17.2 Å². The predicted octanol–water partition coefficient (Wildman–Crippen LogP) is 4.86. The number of para-hydroxylation sites is 1. The molecule has 0 bridgehead atoms. The average Bonchev–Trinajstić information content (AvgIpc) is 3.35. The molecule has 7 nitrogen and oxygen atoms in total. The Morgan fingerprint density at radius 1 is 0.879 bits per heavy atom. The molecule has 2 aliphatic rings. The molecule has 1 aromatic heterocycles. The van der Waals surface area contributed by atoms with E-state index in [1.54, 1.807) is 20.5 Å². The SMILES string of the molecule is COc1cccc([C@@H]2Oc3ccccc3C3=C2[C@H](c2cccc(OC)c2)n2ncnc2N3)c1. The minimum Gasteiger partial charge on any atom is -0.497 e. The van der Waals surface area contributed by atoms with Crippen LogP contribution >= 0.6 is 0 Å². The summed E-state index contributed by atoms with van der Waals surface area (Å²) in [5.41, 5.74) is 5.06. The molecule has 3 aromatic carbocycles. The Hall–Kier alpha value is -4.26. The number of methoxy groups -OCH3 is 2. The second-order valence-corrected chi connectivity index (χ2v) is 7.93. The summed E-state index contributed by atoms with van der Waals surface area (Å²) >= 11 is 0. The van der Waals surface area contributed by atoms with Crippen molar-refractivity contribution in [3.63, 3.8) is 0 Å². The Bertz CT molecular complexity index is 1380. The van der Waals surface area contributed by atoms with Gasteiger partial charge < -0.3 is 19.5 Å². The third kappa shape index (κ3) is 3.12. The number of fused-ring (bicyclic) bond motifs is 3. The molecule has 0 unspecified atom stereocenters. The van der Waals surface area contributed by atoms with Crippen LogP contribution in [0.2, 0.25) is 0 Å². The molecular formula is C26H22N4O3. The van der Waals surface area contributed by atoms with Crippen molar-refractivity contribution in [1.29, 1.82) is 0 Å². The first-order valence-electron chi connectivity index (χ1n) is 10.7. The Kier molecular flexibility index (Phi) is 4.54. The van der Waals surface area contributed by atoms with Crippen LogP contribution in [-0.2, 0) is 0 Å². The molecule has 6 rings (SSSR count). The molecule has 0 saturated heterocycles. The van der Waals surface area contributed by atoms with E-state index in [2.05, 4.69) is 33.6 Å². The topological polar surface area (TPSA) is 70.4 Å². The molecule has 2 atom stereocenters. The maximum Gasteiger partial charge on any atom is 0.226 e. The summed E-state index contributed by atoms with van der Waals surface area (Å²) in [6, 6.07) is 23.9. The van der Waals surface area contributed by atoms with E-state index >= 15 is 0 Å². The zero-order chi connectivity index (χ0) is 22.4. The van der Waals surface area contributed by atoms with Crippen molar-refractivity contribution in [2.75, 3.05) is 19.5 Å². The minimum absolute atomic E-state index is 0.238. The minimum atomic E-state index is -0.356. The van der Waals surface area contributed by atoms with Crippen molar-refractivity contribution in [3.05, 3.63) is 101 Å². The highest BCUT2D eigenvalue weighted by Gasteiger charge is 2.41. The predicted molar refractivity (Wildman–Crippen MR) is 125 cm³/mol. The summed E-state index contributed by atoms with van der Waals surface area (Å²) in [4.78, 5) is 4.48.